The van der Waals surface area contributed by atoms with E-state index in [2.05, 4.69) is 55.8 Å². The first kappa shape index (κ1) is 19.8. The highest BCUT2D eigenvalue weighted by Crippen LogP contribution is 2.27. The van der Waals surface area contributed by atoms with Gasteiger partial charge in [-0.05, 0) is 38.1 Å². The molecule has 0 bridgehead atoms. The van der Waals surface area contributed by atoms with E-state index < -0.39 is 0 Å². The molecule has 0 unspecified atom stereocenters. The Balaban J connectivity index is 1.48. The van der Waals surface area contributed by atoms with Gasteiger partial charge in [0.15, 0.2) is 11.0 Å². The third kappa shape index (κ3) is 5.29. The van der Waals surface area contributed by atoms with Crippen molar-refractivity contribution in [2.45, 2.75) is 30.8 Å². The maximum absolute atomic E-state index is 4.48. The van der Waals surface area contributed by atoms with Gasteiger partial charge in [-0.2, -0.15) is 0 Å². The molecule has 1 aliphatic heterocycles. The predicted molar refractivity (Wildman–Crippen MR) is 120 cm³/mol. The summed E-state index contributed by atoms with van der Waals surface area (Å²) in [6.07, 6.45) is 5.33. The fourth-order valence-corrected chi connectivity index (χ4v) is 4.28. The average molecular weight is 403 g/mol. The Morgan fingerprint density at radius 3 is 2.21 bits per heavy atom. The molecule has 0 atom stereocenters. The molecule has 3 aromatic rings. The Morgan fingerprint density at radius 1 is 0.793 bits per heavy atom. The normalized spacial score (nSPS) is 14.8. The van der Waals surface area contributed by atoms with E-state index in [9.17, 15) is 0 Å². The van der Waals surface area contributed by atoms with Crippen LogP contribution in [0.5, 0.6) is 0 Å². The zero-order valence-corrected chi connectivity index (χ0v) is 17.4. The summed E-state index contributed by atoms with van der Waals surface area (Å²) in [6, 6.07) is 20.5. The largest absolute Gasteiger partial charge is 0.292 e. The Labute approximate surface area is 177 Å². The number of hydrogen-bond acceptors (Lipinski definition) is 4. The van der Waals surface area contributed by atoms with Crippen molar-refractivity contribution in [3.63, 3.8) is 0 Å². The van der Waals surface area contributed by atoms with Crippen molar-refractivity contribution in [3.05, 3.63) is 60.7 Å². The van der Waals surface area contributed by atoms with Crippen LogP contribution in [-0.4, -0.2) is 45.1 Å². The van der Waals surface area contributed by atoms with E-state index in [4.69, 9.17) is 0 Å². The first-order valence-electron chi connectivity index (χ1n) is 10.3. The Bertz CT molecular complexity index is 949. The molecule has 2 heterocycles. The number of nitrogens with zero attached hydrogens (tertiary/aromatic N) is 4. The van der Waals surface area contributed by atoms with Gasteiger partial charge in [-0.1, -0.05) is 85.0 Å². The van der Waals surface area contributed by atoms with Crippen molar-refractivity contribution in [3.8, 4) is 28.9 Å². The fraction of sp³-hybridized carbons (Fsp3) is 0.333. The van der Waals surface area contributed by atoms with Crippen LogP contribution in [0.4, 0.5) is 0 Å². The molecule has 1 saturated heterocycles. The second-order valence-electron chi connectivity index (χ2n) is 7.18. The second kappa shape index (κ2) is 10.3. The summed E-state index contributed by atoms with van der Waals surface area (Å²) in [5.74, 6) is 8.24. The fourth-order valence-electron chi connectivity index (χ4n) is 3.56. The van der Waals surface area contributed by atoms with Gasteiger partial charge >= 0.3 is 0 Å². The number of para-hydroxylation sites is 1. The molecule has 4 rings (SSSR count). The first-order valence-corrected chi connectivity index (χ1v) is 11.3. The van der Waals surface area contributed by atoms with E-state index in [0.717, 1.165) is 28.8 Å². The molecule has 0 radical (unpaired) electrons. The van der Waals surface area contributed by atoms with Crippen molar-refractivity contribution < 1.29 is 0 Å². The van der Waals surface area contributed by atoms with Gasteiger partial charge in [0.25, 0.3) is 0 Å². The lowest BCUT2D eigenvalue weighted by atomic mass is 10.2. The highest BCUT2D eigenvalue weighted by atomic mass is 32.2. The third-order valence-corrected chi connectivity index (χ3v) is 5.89. The van der Waals surface area contributed by atoms with Crippen molar-refractivity contribution in [1.82, 2.24) is 19.7 Å². The average Bonchev–Trinajstić information content (AvgIpc) is 3.02. The van der Waals surface area contributed by atoms with Crippen molar-refractivity contribution >= 4 is 11.8 Å². The number of rotatable bonds is 5. The molecule has 4 nitrogen and oxygen atoms in total. The molecule has 5 heteroatoms. The molecule has 0 aliphatic carbocycles. The molecule has 0 spiro atoms. The molecule has 2 aromatic carbocycles. The van der Waals surface area contributed by atoms with Gasteiger partial charge in [0.05, 0.1) is 12.3 Å². The van der Waals surface area contributed by atoms with Crippen LogP contribution in [0.25, 0.3) is 17.1 Å². The van der Waals surface area contributed by atoms with E-state index in [-0.39, 0.29) is 0 Å². The van der Waals surface area contributed by atoms with E-state index in [1.807, 2.05) is 36.4 Å². The standard InChI is InChI=1S/C24H26N4S/c1-2-10-18-27(17-9-1)19-11-12-20-29-24-26-25-23(21-13-5-3-6-14-21)28(24)22-15-7-4-8-16-22/h3-8,13-16H,1-2,9-10,17-20H2. The van der Waals surface area contributed by atoms with Crippen molar-refractivity contribution in [2.24, 2.45) is 0 Å². The summed E-state index contributed by atoms with van der Waals surface area (Å²) in [5.41, 5.74) is 2.12. The van der Waals surface area contributed by atoms with Crippen LogP contribution < -0.4 is 0 Å². The summed E-state index contributed by atoms with van der Waals surface area (Å²) in [7, 11) is 0. The zero-order chi connectivity index (χ0) is 19.7. The molecule has 1 aliphatic rings. The molecule has 148 valence electrons. The monoisotopic (exact) mass is 402 g/mol. The molecule has 0 N–H and O–H groups in total. The van der Waals surface area contributed by atoms with Crippen LogP contribution in [-0.2, 0) is 0 Å². The maximum atomic E-state index is 4.48. The van der Waals surface area contributed by atoms with Gasteiger partial charge < -0.3 is 0 Å². The summed E-state index contributed by atoms with van der Waals surface area (Å²) in [5, 5.41) is 9.82. The van der Waals surface area contributed by atoms with Crippen molar-refractivity contribution in [2.75, 3.05) is 25.4 Å². The number of benzene rings is 2. The molecule has 0 amide bonds. The lowest BCUT2D eigenvalue weighted by Crippen LogP contribution is -2.24. The minimum atomic E-state index is 0.716. The minimum absolute atomic E-state index is 0.716. The van der Waals surface area contributed by atoms with Gasteiger partial charge in [-0.15, -0.1) is 10.2 Å². The summed E-state index contributed by atoms with van der Waals surface area (Å²) >= 11 is 1.65. The van der Waals surface area contributed by atoms with Gasteiger partial charge in [-0.3, -0.25) is 9.47 Å². The summed E-state index contributed by atoms with van der Waals surface area (Å²) in [4.78, 5) is 2.48. The Morgan fingerprint density at radius 2 is 1.48 bits per heavy atom. The number of likely N-dealkylation sites (tertiary alicyclic amines) is 1. The molecular weight excluding hydrogens is 376 g/mol. The second-order valence-corrected chi connectivity index (χ2v) is 8.12. The lowest BCUT2D eigenvalue weighted by Gasteiger charge is -2.15. The van der Waals surface area contributed by atoms with Gasteiger partial charge in [0.1, 0.15) is 0 Å². The van der Waals surface area contributed by atoms with Crippen LogP contribution in [0.1, 0.15) is 25.7 Å². The highest BCUT2D eigenvalue weighted by Gasteiger charge is 2.15. The first-order chi connectivity index (χ1) is 14.4. The van der Waals surface area contributed by atoms with Crippen molar-refractivity contribution in [1.29, 1.82) is 0 Å². The van der Waals surface area contributed by atoms with Gasteiger partial charge in [0, 0.05) is 11.3 Å². The Kier molecular flexibility index (Phi) is 7.01. The van der Waals surface area contributed by atoms with Crippen LogP contribution in [0, 0.1) is 11.8 Å². The Hall–Kier alpha value is -2.55. The number of aromatic nitrogens is 3. The SMILES string of the molecule is C(#CCN1CCCCCC1)CSc1nnc(-c2ccccc2)n1-c1ccccc1. The molecule has 1 aromatic heterocycles. The summed E-state index contributed by atoms with van der Waals surface area (Å²) in [6.45, 7) is 3.25. The summed E-state index contributed by atoms with van der Waals surface area (Å²) < 4.78 is 2.12. The predicted octanol–water partition coefficient (Wildman–Crippen LogP) is 4.91. The molecule has 1 fully saturated rings. The lowest BCUT2D eigenvalue weighted by molar-refractivity contribution is 0.320. The van der Waals surface area contributed by atoms with Crippen LogP contribution in [0.2, 0.25) is 0 Å². The topological polar surface area (TPSA) is 34.0 Å². The molecule has 0 saturated carbocycles. The molecule has 29 heavy (non-hydrogen) atoms. The number of hydrogen-bond donors (Lipinski definition) is 0. The molecular formula is C24H26N4S. The maximum Gasteiger partial charge on any atom is 0.197 e. The van der Waals surface area contributed by atoms with Gasteiger partial charge in [0.2, 0.25) is 0 Å². The zero-order valence-electron chi connectivity index (χ0n) is 16.6. The van der Waals surface area contributed by atoms with E-state index >= 15 is 0 Å². The van der Waals surface area contributed by atoms with E-state index in [0.29, 0.717) is 5.75 Å². The van der Waals surface area contributed by atoms with Crippen LogP contribution >= 0.6 is 11.8 Å². The minimum Gasteiger partial charge on any atom is -0.292 e. The van der Waals surface area contributed by atoms with Crippen LogP contribution in [0.3, 0.4) is 0 Å². The van der Waals surface area contributed by atoms with E-state index in [1.165, 1.54) is 38.8 Å². The highest BCUT2D eigenvalue weighted by molar-refractivity contribution is 7.99. The van der Waals surface area contributed by atoms with Gasteiger partial charge in [-0.25, -0.2) is 0 Å². The smallest absolute Gasteiger partial charge is 0.197 e. The van der Waals surface area contributed by atoms with E-state index in [1.54, 1.807) is 11.8 Å². The van der Waals surface area contributed by atoms with Crippen LogP contribution in [0.15, 0.2) is 65.8 Å². The number of thioether (sulfide) groups is 1. The third-order valence-electron chi connectivity index (χ3n) is 5.08. The quantitative estimate of drug-likeness (QED) is 0.449.